The molecule has 2 N–H and O–H groups in total. The van der Waals surface area contributed by atoms with Crippen molar-refractivity contribution in [3.63, 3.8) is 0 Å². The number of carbonyl (C=O) groups is 3. The molecule has 2 saturated heterocycles. The molecule has 0 radical (unpaired) electrons. The molecule has 2 aliphatic heterocycles. The van der Waals surface area contributed by atoms with Gasteiger partial charge < -0.3 is 10.6 Å². The van der Waals surface area contributed by atoms with Crippen LogP contribution in [0.15, 0.2) is 0 Å². The summed E-state index contributed by atoms with van der Waals surface area (Å²) in [5, 5.41) is 6.14. The summed E-state index contributed by atoms with van der Waals surface area (Å²) in [6.45, 7) is 2.01. The topological polar surface area (TPSA) is 78.5 Å². The highest BCUT2D eigenvalue weighted by Crippen LogP contribution is 2.11. The first-order valence-corrected chi connectivity index (χ1v) is 6.50. The smallest absolute Gasteiger partial charge is 0.229 e. The zero-order valence-corrected chi connectivity index (χ0v) is 11.6. The molecule has 19 heavy (non-hydrogen) atoms. The van der Waals surface area contributed by atoms with Crippen molar-refractivity contribution in [1.82, 2.24) is 15.5 Å². The van der Waals surface area contributed by atoms with Gasteiger partial charge in [0.05, 0.1) is 0 Å². The zero-order chi connectivity index (χ0) is 13.0. The average molecular weight is 290 g/mol. The number of halogens is 1. The lowest BCUT2D eigenvalue weighted by Crippen LogP contribution is -2.46. The first-order valence-electron chi connectivity index (χ1n) is 6.50. The van der Waals surface area contributed by atoms with E-state index in [9.17, 15) is 14.4 Å². The molecule has 2 aliphatic rings. The van der Waals surface area contributed by atoms with Crippen LogP contribution in [0.5, 0.6) is 0 Å². The van der Waals surface area contributed by atoms with E-state index in [1.807, 2.05) is 0 Å². The third-order valence-electron chi connectivity index (χ3n) is 3.38. The molecule has 0 spiro atoms. The predicted molar refractivity (Wildman–Crippen MR) is 71.9 cm³/mol. The van der Waals surface area contributed by atoms with E-state index in [0.29, 0.717) is 0 Å². The van der Waals surface area contributed by atoms with Crippen molar-refractivity contribution >= 4 is 30.1 Å². The quantitative estimate of drug-likeness (QED) is 0.704. The fourth-order valence-electron chi connectivity index (χ4n) is 2.36. The van der Waals surface area contributed by atoms with Gasteiger partial charge in [0, 0.05) is 38.4 Å². The van der Waals surface area contributed by atoms with Crippen molar-refractivity contribution < 1.29 is 14.4 Å². The second-order valence-corrected chi connectivity index (χ2v) is 4.80. The number of imide groups is 1. The van der Waals surface area contributed by atoms with Crippen LogP contribution in [-0.2, 0) is 14.4 Å². The van der Waals surface area contributed by atoms with E-state index >= 15 is 0 Å². The summed E-state index contributed by atoms with van der Waals surface area (Å²) in [7, 11) is 0. The van der Waals surface area contributed by atoms with E-state index in [1.165, 1.54) is 4.90 Å². The summed E-state index contributed by atoms with van der Waals surface area (Å²) in [4.78, 5) is 35.6. The molecular weight excluding hydrogens is 270 g/mol. The maximum Gasteiger partial charge on any atom is 0.229 e. The number of hydrogen-bond donors (Lipinski definition) is 2. The maximum absolute atomic E-state index is 11.7. The van der Waals surface area contributed by atoms with Crippen LogP contribution in [0.25, 0.3) is 0 Å². The summed E-state index contributed by atoms with van der Waals surface area (Å²) < 4.78 is 0. The largest absolute Gasteiger partial charge is 0.352 e. The second-order valence-electron chi connectivity index (χ2n) is 4.80. The van der Waals surface area contributed by atoms with E-state index in [1.54, 1.807) is 0 Å². The molecular formula is C12H20ClN3O3. The van der Waals surface area contributed by atoms with Gasteiger partial charge in [-0.15, -0.1) is 12.4 Å². The SMILES string of the molecule is Cl.O=C(CCN1C(=O)CCC1=O)N[C@H]1CCCNC1. The minimum atomic E-state index is -0.160. The van der Waals surface area contributed by atoms with Gasteiger partial charge in [-0.05, 0) is 19.4 Å². The lowest BCUT2D eigenvalue weighted by Gasteiger charge is -2.24. The summed E-state index contributed by atoms with van der Waals surface area (Å²) in [5.41, 5.74) is 0. The van der Waals surface area contributed by atoms with Crippen molar-refractivity contribution in [2.24, 2.45) is 0 Å². The van der Waals surface area contributed by atoms with Crippen molar-refractivity contribution in [1.29, 1.82) is 0 Å². The van der Waals surface area contributed by atoms with E-state index in [0.717, 1.165) is 25.9 Å². The average Bonchev–Trinajstić information content (AvgIpc) is 2.68. The Bertz CT molecular complexity index is 340. The number of amides is 3. The molecule has 6 nitrogen and oxygen atoms in total. The van der Waals surface area contributed by atoms with Gasteiger partial charge in [0.15, 0.2) is 0 Å². The van der Waals surface area contributed by atoms with Crippen LogP contribution in [0.3, 0.4) is 0 Å². The van der Waals surface area contributed by atoms with E-state index in [4.69, 9.17) is 0 Å². The molecule has 2 rings (SSSR count). The highest BCUT2D eigenvalue weighted by atomic mass is 35.5. The Balaban J connectivity index is 0.00000180. The third kappa shape index (κ3) is 4.47. The molecule has 0 aromatic heterocycles. The van der Waals surface area contributed by atoms with Crippen LogP contribution in [0, 0.1) is 0 Å². The highest BCUT2D eigenvalue weighted by molar-refractivity contribution is 6.02. The first-order chi connectivity index (χ1) is 8.66. The van der Waals surface area contributed by atoms with Crippen LogP contribution in [0.1, 0.15) is 32.1 Å². The Hall–Kier alpha value is -1.14. The molecule has 0 aliphatic carbocycles. The summed E-state index contributed by atoms with van der Waals surface area (Å²) in [6, 6.07) is 0.177. The summed E-state index contributed by atoms with van der Waals surface area (Å²) >= 11 is 0. The lowest BCUT2D eigenvalue weighted by molar-refractivity contribution is -0.138. The second kappa shape index (κ2) is 7.45. The summed E-state index contributed by atoms with van der Waals surface area (Å²) in [5.74, 6) is -0.407. The van der Waals surface area contributed by atoms with Crippen LogP contribution in [0.4, 0.5) is 0 Å². The van der Waals surface area contributed by atoms with Crippen molar-refractivity contribution in [2.45, 2.75) is 38.1 Å². The lowest BCUT2D eigenvalue weighted by atomic mass is 10.1. The molecule has 0 saturated carbocycles. The van der Waals surface area contributed by atoms with Gasteiger partial charge in [0.25, 0.3) is 0 Å². The van der Waals surface area contributed by atoms with E-state index in [-0.39, 0.29) is 62.0 Å². The molecule has 0 aromatic rings. The van der Waals surface area contributed by atoms with E-state index < -0.39 is 0 Å². The molecule has 7 heteroatoms. The normalized spacial score (nSPS) is 23.2. The fraction of sp³-hybridized carbons (Fsp3) is 0.750. The summed E-state index contributed by atoms with van der Waals surface area (Å²) in [6.07, 6.45) is 2.82. The molecule has 2 heterocycles. The molecule has 3 amide bonds. The zero-order valence-electron chi connectivity index (χ0n) is 10.8. The van der Waals surface area contributed by atoms with Crippen LogP contribution < -0.4 is 10.6 Å². The van der Waals surface area contributed by atoms with Gasteiger partial charge >= 0.3 is 0 Å². The number of likely N-dealkylation sites (tertiary alicyclic amines) is 1. The Kier molecular flexibility index (Phi) is 6.24. The predicted octanol–water partition coefficient (Wildman–Crippen LogP) is -0.184. The molecule has 1 atom stereocenters. The standard InChI is InChI=1S/C12H19N3O3.ClH/c16-10(14-9-2-1-6-13-8-9)5-7-15-11(17)3-4-12(15)18;/h9,13H,1-8H2,(H,14,16);1H/t9-;/m0./s1. The van der Waals surface area contributed by atoms with Gasteiger partial charge in [-0.25, -0.2) is 0 Å². The Morgan fingerprint density at radius 1 is 1.32 bits per heavy atom. The Morgan fingerprint density at radius 2 is 2.00 bits per heavy atom. The van der Waals surface area contributed by atoms with Crippen molar-refractivity contribution in [3.05, 3.63) is 0 Å². The highest BCUT2D eigenvalue weighted by Gasteiger charge is 2.29. The Labute approximate surface area is 118 Å². The number of nitrogens with one attached hydrogen (secondary N) is 2. The van der Waals surface area contributed by atoms with Gasteiger partial charge in [0.2, 0.25) is 17.7 Å². The van der Waals surface area contributed by atoms with Crippen LogP contribution in [-0.4, -0.2) is 48.3 Å². The maximum atomic E-state index is 11.7. The monoisotopic (exact) mass is 289 g/mol. The molecule has 0 bridgehead atoms. The number of hydrogen-bond acceptors (Lipinski definition) is 4. The molecule has 2 fully saturated rings. The van der Waals surface area contributed by atoms with Crippen molar-refractivity contribution in [2.75, 3.05) is 19.6 Å². The number of rotatable bonds is 4. The number of carbonyl (C=O) groups excluding carboxylic acids is 3. The minimum Gasteiger partial charge on any atom is -0.352 e. The van der Waals surface area contributed by atoms with Gasteiger partial charge in [0.1, 0.15) is 0 Å². The third-order valence-corrected chi connectivity index (χ3v) is 3.38. The van der Waals surface area contributed by atoms with Crippen LogP contribution >= 0.6 is 12.4 Å². The first kappa shape index (κ1) is 15.9. The van der Waals surface area contributed by atoms with E-state index in [2.05, 4.69) is 10.6 Å². The number of piperidine rings is 1. The molecule has 0 aromatic carbocycles. The number of nitrogens with zero attached hydrogens (tertiary/aromatic N) is 1. The fourth-order valence-corrected chi connectivity index (χ4v) is 2.36. The molecule has 108 valence electrons. The minimum absolute atomic E-state index is 0. The Morgan fingerprint density at radius 3 is 2.58 bits per heavy atom. The molecule has 0 unspecified atom stereocenters. The van der Waals surface area contributed by atoms with Crippen molar-refractivity contribution in [3.8, 4) is 0 Å². The van der Waals surface area contributed by atoms with Gasteiger partial charge in [-0.3, -0.25) is 19.3 Å². The van der Waals surface area contributed by atoms with Gasteiger partial charge in [-0.1, -0.05) is 0 Å². The van der Waals surface area contributed by atoms with Gasteiger partial charge in [-0.2, -0.15) is 0 Å². The van der Waals surface area contributed by atoms with Crippen LogP contribution in [0.2, 0.25) is 0 Å².